The van der Waals surface area contributed by atoms with Gasteiger partial charge in [0.15, 0.2) is 11.5 Å². The summed E-state index contributed by atoms with van der Waals surface area (Å²) < 4.78 is 43.7. The van der Waals surface area contributed by atoms with Crippen LogP contribution in [0.15, 0.2) is 29.2 Å². The molecule has 0 atom stereocenters. The van der Waals surface area contributed by atoms with Crippen LogP contribution >= 0.6 is 0 Å². The Bertz CT molecular complexity index is 1310. The van der Waals surface area contributed by atoms with E-state index in [9.17, 15) is 13.6 Å². The number of rotatable bonds is 13. The number of nitrogens with one attached hydrogen (secondary N) is 1. The number of aryl methyl sites for hydroxylation is 1. The van der Waals surface area contributed by atoms with Crippen LogP contribution in [0.3, 0.4) is 0 Å². The summed E-state index contributed by atoms with van der Waals surface area (Å²) in [6, 6.07) is 5.99. The summed E-state index contributed by atoms with van der Waals surface area (Å²) in [5.41, 5.74) is 2.94. The number of nitrogens with zero attached hydrogens (tertiary/aromatic N) is 2. The molecule has 3 aromatic rings. The van der Waals surface area contributed by atoms with Crippen molar-refractivity contribution in [2.75, 3.05) is 6.61 Å². The van der Waals surface area contributed by atoms with Gasteiger partial charge in [0.05, 0.1) is 28.9 Å². The fourth-order valence-electron chi connectivity index (χ4n) is 4.40. The summed E-state index contributed by atoms with van der Waals surface area (Å²) in [6.45, 7) is 4.63. The summed E-state index contributed by atoms with van der Waals surface area (Å²) in [5, 5.41) is 4.95. The van der Waals surface area contributed by atoms with Crippen molar-refractivity contribution >= 4 is 19.0 Å². The first kappa shape index (κ1) is 25.9. The molecule has 7 nitrogen and oxygen atoms in total. The Morgan fingerprint density at radius 3 is 2.62 bits per heavy atom. The van der Waals surface area contributed by atoms with Gasteiger partial charge in [0.1, 0.15) is 6.73 Å². The molecule has 0 aliphatic heterocycles. The van der Waals surface area contributed by atoms with Crippen LogP contribution in [0.5, 0.6) is 11.5 Å². The lowest BCUT2D eigenvalue weighted by atomic mass is 10.00. The molecule has 2 aliphatic rings. The summed E-state index contributed by atoms with van der Waals surface area (Å²) in [4.78, 5) is 16.9. The number of aromatic nitrogens is 3. The molecule has 0 amide bonds. The van der Waals surface area contributed by atoms with E-state index in [-0.39, 0.29) is 24.1 Å². The van der Waals surface area contributed by atoms with Crippen LogP contribution in [0.1, 0.15) is 37.7 Å². The quantitative estimate of drug-likeness (QED) is 0.210. The first-order valence-corrected chi connectivity index (χ1v) is 16.8. The first-order chi connectivity index (χ1) is 17.7. The van der Waals surface area contributed by atoms with Gasteiger partial charge in [-0.25, -0.2) is 4.68 Å². The molecule has 1 N–H and O–H groups in total. The van der Waals surface area contributed by atoms with Crippen molar-refractivity contribution in [2.45, 2.75) is 83.7 Å². The predicted molar refractivity (Wildman–Crippen MR) is 141 cm³/mol. The summed E-state index contributed by atoms with van der Waals surface area (Å²) in [6.07, 6.45) is 7.63. The molecule has 5 rings (SSSR count). The third-order valence-corrected chi connectivity index (χ3v) is 8.59. The number of aromatic amines is 1. The maximum absolute atomic E-state index is 13.5. The van der Waals surface area contributed by atoms with Crippen LogP contribution in [0, 0.1) is 5.92 Å². The van der Waals surface area contributed by atoms with E-state index in [0.717, 1.165) is 48.5 Å². The topological polar surface area (TPSA) is 78.4 Å². The maximum Gasteiger partial charge on any atom is 0.387 e. The van der Waals surface area contributed by atoms with Crippen LogP contribution in [0.4, 0.5) is 8.78 Å². The lowest BCUT2D eigenvalue weighted by Crippen LogP contribution is -2.26. The first-order valence-electron chi connectivity index (χ1n) is 13.1. The molecule has 0 spiro atoms. The zero-order chi connectivity index (χ0) is 26.2. The molecule has 1 aromatic carbocycles. The van der Waals surface area contributed by atoms with Gasteiger partial charge in [-0.15, -0.1) is 0 Å². The third-order valence-electron chi connectivity index (χ3n) is 6.88. The van der Waals surface area contributed by atoms with Crippen LogP contribution in [-0.2, 0) is 17.9 Å². The van der Waals surface area contributed by atoms with Crippen LogP contribution < -0.4 is 15.0 Å². The Balaban J connectivity index is 1.49. The number of H-pyrrole nitrogens is 1. The molecular weight excluding hydrogens is 496 g/mol. The zero-order valence-electron chi connectivity index (χ0n) is 21.7. The highest BCUT2D eigenvalue weighted by Gasteiger charge is 2.27. The molecule has 37 heavy (non-hydrogen) atoms. The van der Waals surface area contributed by atoms with Gasteiger partial charge in [-0.1, -0.05) is 32.5 Å². The van der Waals surface area contributed by atoms with E-state index in [1.807, 2.05) is 0 Å². The number of ether oxygens (including phenoxy) is 3. The smallest absolute Gasteiger partial charge is 0.387 e. The summed E-state index contributed by atoms with van der Waals surface area (Å²) >= 11 is 0. The molecule has 2 saturated carbocycles. The highest BCUT2D eigenvalue weighted by atomic mass is 28.3. The zero-order valence-corrected chi connectivity index (χ0v) is 22.7. The number of hydrogen-bond donors (Lipinski definition) is 1. The van der Waals surface area contributed by atoms with Gasteiger partial charge in [0, 0.05) is 20.2 Å². The minimum absolute atomic E-state index is 0.0146. The van der Waals surface area contributed by atoms with Crippen molar-refractivity contribution in [1.82, 2.24) is 14.8 Å². The molecule has 0 unspecified atom stereocenters. The van der Waals surface area contributed by atoms with E-state index in [0.29, 0.717) is 29.2 Å². The third kappa shape index (κ3) is 6.59. The lowest BCUT2D eigenvalue weighted by molar-refractivity contribution is -0.0516. The number of halogens is 2. The van der Waals surface area contributed by atoms with Crippen LogP contribution in [-0.4, -0.2) is 42.2 Å². The standard InChI is InChI=1S/C27H35F2N3O4Si/c1-37(2,3)13-12-34-16-32-26(33)24-20(10-6-17-4-5-17)25(31-21(24)15-30-32)18-7-11-22(36-27(28)29)23(14-18)35-19-8-9-19/h7,11,14-15,17,19,27,31H,4-6,8-10,12-13,16H2,1-3H3. The Kier molecular flexibility index (Phi) is 7.40. The maximum atomic E-state index is 13.5. The van der Waals surface area contributed by atoms with Gasteiger partial charge in [0.25, 0.3) is 5.56 Å². The fraction of sp³-hybridized carbons (Fsp3) is 0.556. The second-order valence-electron chi connectivity index (χ2n) is 11.4. The van der Waals surface area contributed by atoms with Gasteiger partial charge in [-0.2, -0.15) is 13.9 Å². The second kappa shape index (κ2) is 10.6. The van der Waals surface area contributed by atoms with E-state index in [4.69, 9.17) is 14.2 Å². The van der Waals surface area contributed by atoms with Gasteiger partial charge in [0.2, 0.25) is 0 Å². The average Bonchev–Trinajstić information content (AvgIpc) is 3.76. The Morgan fingerprint density at radius 2 is 1.95 bits per heavy atom. The van der Waals surface area contributed by atoms with Crippen LogP contribution in [0.2, 0.25) is 25.7 Å². The average molecular weight is 532 g/mol. The fourth-order valence-corrected chi connectivity index (χ4v) is 5.15. The molecule has 0 saturated heterocycles. The predicted octanol–water partition coefficient (Wildman–Crippen LogP) is 6.19. The molecule has 2 fully saturated rings. The van der Waals surface area contributed by atoms with E-state index in [1.165, 1.54) is 23.6 Å². The second-order valence-corrected chi connectivity index (χ2v) is 17.0. The van der Waals surface area contributed by atoms with Crippen molar-refractivity contribution in [1.29, 1.82) is 0 Å². The van der Waals surface area contributed by atoms with Crippen molar-refractivity contribution in [3.63, 3.8) is 0 Å². The normalized spacial score (nSPS) is 16.1. The number of benzene rings is 1. The van der Waals surface area contributed by atoms with E-state index >= 15 is 0 Å². The minimum Gasteiger partial charge on any atom is -0.487 e. The Labute approximate surface area is 216 Å². The van der Waals surface area contributed by atoms with Crippen molar-refractivity contribution in [3.05, 3.63) is 40.3 Å². The lowest BCUT2D eigenvalue weighted by Gasteiger charge is -2.15. The molecule has 0 bridgehead atoms. The van der Waals surface area contributed by atoms with Crippen LogP contribution in [0.25, 0.3) is 22.2 Å². The highest BCUT2D eigenvalue weighted by molar-refractivity contribution is 6.76. The van der Waals surface area contributed by atoms with Crippen molar-refractivity contribution in [3.8, 4) is 22.8 Å². The number of fused-ring (bicyclic) bond motifs is 1. The van der Waals surface area contributed by atoms with Gasteiger partial charge in [-0.05, 0) is 61.4 Å². The van der Waals surface area contributed by atoms with Gasteiger partial charge < -0.3 is 19.2 Å². The van der Waals surface area contributed by atoms with Gasteiger partial charge in [-0.3, -0.25) is 4.79 Å². The Hall–Kier alpha value is -2.72. The summed E-state index contributed by atoms with van der Waals surface area (Å²) in [5.74, 6) is 0.988. The molecule has 2 aliphatic carbocycles. The largest absolute Gasteiger partial charge is 0.487 e. The number of hydrogen-bond acceptors (Lipinski definition) is 5. The summed E-state index contributed by atoms with van der Waals surface area (Å²) in [7, 11) is -1.23. The SMILES string of the molecule is C[Si](C)(C)CCOCn1ncc2[nH]c(-c3ccc(OC(F)F)c(OC4CC4)c3)c(CCC3CC3)c2c1=O. The molecule has 0 radical (unpaired) electrons. The highest BCUT2D eigenvalue weighted by Crippen LogP contribution is 2.40. The van der Waals surface area contributed by atoms with E-state index in [2.05, 4.69) is 29.7 Å². The van der Waals surface area contributed by atoms with E-state index < -0.39 is 14.7 Å². The van der Waals surface area contributed by atoms with Crippen molar-refractivity contribution < 1.29 is 23.0 Å². The molecule has 2 heterocycles. The number of alkyl halides is 2. The van der Waals surface area contributed by atoms with Crippen molar-refractivity contribution in [2.24, 2.45) is 5.92 Å². The van der Waals surface area contributed by atoms with E-state index in [1.54, 1.807) is 18.3 Å². The molecular formula is C27H35F2N3O4Si. The Morgan fingerprint density at radius 1 is 1.16 bits per heavy atom. The molecule has 10 heteroatoms. The molecule has 200 valence electrons. The van der Waals surface area contributed by atoms with Gasteiger partial charge >= 0.3 is 6.61 Å². The monoisotopic (exact) mass is 531 g/mol. The minimum atomic E-state index is -2.94. The molecule has 2 aromatic heterocycles.